The summed E-state index contributed by atoms with van der Waals surface area (Å²) in [5.74, 6) is 0. The molecule has 2 heterocycles. The van der Waals surface area contributed by atoms with E-state index in [-0.39, 0.29) is 0 Å². The standard InChI is InChI=1S/C15H26N4/c1-12(2)18-5-7-19(8-6-18)15-9-13(3)17-11-14(15)10-16-4/h9,11-12,16H,5-8,10H2,1-4H3. The molecule has 0 saturated carbocycles. The number of rotatable bonds is 4. The van der Waals surface area contributed by atoms with Gasteiger partial charge in [0.05, 0.1) is 0 Å². The summed E-state index contributed by atoms with van der Waals surface area (Å²) in [7, 11) is 1.99. The van der Waals surface area contributed by atoms with Crippen LogP contribution in [0, 0.1) is 6.92 Å². The number of piperazine rings is 1. The number of anilines is 1. The fraction of sp³-hybridized carbons (Fsp3) is 0.667. The summed E-state index contributed by atoms with van der Waals surface area (Å²) in [4.78, 5) is 9.46. The molecule has 1 saturated heterocycles. The van der Waals surface area contributed by atoms with E-state index >= 15 is 0 Å². The van der Waals surface area contributed by atoms with Crippen LogP contribution in [-0.4, -0.2) is 49.2 Å². The van der Waals surface area contributed by atoms with Gasteiger partial charge >= 0.3 is 0 Å². The zero-order chi connectivity index (χ0) is 13.8. The van der Waals surface area contributed by atoms with Crippen LogP contribution in [0.15, 0.2) is 12.3 Å². The molecule has 1 N–H and O–H groups in total. The van der Waals surface area contributed by atoms with Gasteiger partial charge in [-0.1, -0.05) is 0 Å². The lowest BCUT2D eigenvalue weighted by Gasteiger charge is -2.38. The fourth-order valence-corrected chi connectivity index (χ4v) is 2.67. The Labute approximate surface area is 116 Å². The monoisotopic (exact) mass is 262 g/mol. The first-order chi connectivity index (χ1) is 9.11. The minimum atomic E-state index is 0.651. The van der Waals surface area contributed by atoms with Crippen molar-refractivity contribution in [3.63, 3.8) is 0 Å². The van der Waals surface area contributed by atoms with E-state index in [0.717, 1.165) is 38.4 Å². The maximum atomic E-state index is 4.42. The highest BCUT2D eigenvalue weighted by molar-refractivity contribution is 5.54. The molecule has 1 aromatic rings. The van der Waals surface area contributed by atoms with E-state index in [1.165, 1.54) is 11.3 Å². The van der Waals surface area contributed by atoms with Crippen molar-refractivity contribution in [1.29, 1.82) is 0 Å². The van der Waals surface area contributed by atoms with Crippen LogP contribution in [0.1, 0.15) is 25.1 Å². The predicted molar refractivity (Wildman–Crippen MR) is 80.7 cm³/mol. The van der Waals surface area contributed by atoms with E-state index in [4.69, 9.17) is 0 Å². The summed E-state index contributed by atoms with van der Waals surface area (Å²) in [6.07, 6.45) is 2.01. The average molecular weight is 262 g/mol. The molecule has 0 spiro atoms. The van der Waals surface area contributed by atoms with E-state index in [9.17, 15) is 0 Å². The number of nitrogens with zero attached hydrogens (tertiary/aromatic N) is 3. The lowest BCUT2D eigenvalue weighted by atomic mass is 10.1. The Morgan fingerprint density at radius 1 is 1.26 bits per heavy atom. The molecule has 0 aromatic carbocycles. The highest BCUT2D eigenvalue weighted by Crippen LogP contribution is 2.22. The first kappa shape index (κ1) is 14.3. The van der Waals surface area contributed by atoms with Crippen LogP contribution < -0.4 is 10.2 Å². The van der Waals surface area contributed by atoms with Gasteiger partial charge in [0.15, 0.2) is 0 Å². The van der Waals surface area contributed by atoms with Gasteiger partial charge in [-0.05, 0) is 33.9 Å². The number of pyridine rings is 1. The molecule has 1 aliphatic heterocycles. The number of hydrogen-bond acceptors (Lipinski definition) is 4. The predicted octanol–water partition coefficient (Wildman–Crippen LogP) is 1.64. The summed E-state index contributed by atoms with van der Waals surface area (Å²) in [5.41, 5.74) is 3.75. The first-order valence-corrected chi connectivity index (χ1v) is 7.21. The van der Waals surface area contributed by atoms with Gasteiger partial charge in [0.2, 0.25) is 0 Å². The molecule has 0 atom stereocenters. The topological polar surface area (TPSA) is 31.4 Å². The summed E-state index contributed by atoms with van der Waals surface area (Å²) in [6, 6.07) is 2.87. The van der Waals surface area contributed by atoms with E-state index in [1.807, 2.05) is 13.2 Å². The van der Waals surface area contributed by atoms with Gasteiger partial charge in [0, 0.05) is 61.9 Å². The number of nitrogens with one attached hydrogen (secondary N) is 1. The second kappa shape index (κ2) is 6.35. The van der Waals surface area contributed by atoms with Crippen LogP contribution in [0.25, 0.3) is 0 Å². The lowest BCUT2D eigenvalue weighted by Crippen LogP contribution is -2.49. The van der Waals surface area contributed by atoms with Gasteiger partial charge < -0.3 is 10.2 Å². The fourth-order valence-electron chi connectivity index (χ4n) is 2.67. The normalized spacial score (nSPS) is 17.2. The van der Waals surface area contributed by atoms with Gasteiger partial charge in [-0.3, -0.25) is 9.88 Å². The minimum absolute atomic E-state index is 0.651. The SMILES string of the molecule is CNCc1cnc(C)cc1N1CCN(C(C)C)CC1. The van der Waals surface area contributed by atoms with E-state index in [1.54, 1.807) is 0 Å². The van der Waals surface area contributed by atoms with Crippen molar-refractivity contribution in [3.8, 4) is 0 Å². The summed E-state index contributed by atoms with van der Waals surface area (Å²) < 4.78 is 0. The zero-order valence-electron chi connectivity index (χ0n) is 12.6. The Balaban J connectivity index is 2.12. The van der Waals surface area contributed by atoms with E-state index in [0.29, 0.717) is 6.04 Å². The number of hydrogen-bond donors (Lipinski definition) is 1. The van der Waals surface area contributed by atoms with Crippen molar-refractivity contribution in [2.45, 2.75) is 33.4 Å². The molecule has 106 valence electrons. The molecule has 1 fully saturated rings. The zero-order valence-corrected chi connectivity index (χ0v) is 12.6. The van der Waals surface area contributed by atoms with Gasteiger partial charge in [0.1, 0.15) is 0 Å². The highest BCUT2D eigenvalue weighted by atomic mass is 15.3. The molecular weight excluding hydrogens is 236 g/mol. The largest absolute Gasteiger partial charge is 0.369 e. The van der Waals surface area contributed by atoms with Crippen LogP contribution in [-0.2, 0) is 6.54 Å². The molecular formula is C15H26N4. The van der Waals surface area contributed by atoms with Gasteiger partial charge in [-0.2, -0.15) is 0 Å². The van der Waals surface area contributed by atoms with Gasteiger partial charge in [-0.15, -0.1) is 0 Å². The summed E-state index contributed by atoms with van der Waals surface area (Å²) >= 11 is 0. The molecule has 2 rings (SSSR count). The van der Waals surface area contributed by atoms with Gasteiger partial charge in [-0.25, -0.2) is 0 Å². The highest BCUT2D eigenvalue weighted by Gasteiger charge is 2.20. The Hall–Kier alpha value is -1.13. The maximum absolute atomic E-state index is 4.42. The summed E-state index contributed by atoms with van der Waals surface area (Å²) in [5, 5.41) is 3.23. The van der Waals surface area contributed by atoms with E-state index < -0.39 is 0 Å². The van der Waals surface area contributed by atoms with Gasteiger partial charge in [0.25, 0.3) is 0 Å². The van der Waals surface area contributed by atoms with Crippen molar-refractivity contribution < 1.29 is 0 Å². The number of aromatic nitrogens is 1. The number of aryl methyl sites for hydroxylation is 1. The Kier molecular flexibility index (Phi) is 4.77. The molecule has 4 nitrogen and oxygen atoms in total. The van der Waals surface area contributed by atoms with E-state index in [2.05, 4.69) is 46.9 Å². The molecule has 0 amide bonds. The molecule has 19 heavy (non-hydrogen) atoms. The van der Waals surface area contributed by atoms with Crippen molar-refractivity contribution in [2.24, 2.45) is 0 Å². The third-order valence-corrected chi connectivity index (χ3v) is 3.85. The third kappa shape index (κ3) is 3.45. The van der Waals surface area contributed by atoms with Crippen LogP contribution >= 0.6 is 0 Å². The molecule has 0 aliphatic carbocycles. The Morgan fingerprint density at radius 2 is 1.95 bits per heavy atom. The lowest BCUT2D eigenvalue weighted by molar-refractivity contribution is 0.209. The average Bonchev–Trinajstić information content (AvgIpc) is 2.41. The minimum Gasteiger partial charge on any atom is -0.369 e. The van der Waals surface area contributed by atoms with Crippen LogP contribution in [0.5, 0.6) is 0 Å². The molecule has 0 unspecified atom stereocenters. The van der Waals surface area contributed by atoms with Crippen LogP contribution in [0.4, 0.5) is 5.69 Å². The maximum Gasteiger partial charge on any atom is 0.0446 e. The first-order valence-electron chi connectivity index (χ1n) is 7.21. The quantitative estimate of drug-likeness (QED) is 0.894. The van der Waals surface area contributed by atoms with Crippen molar-refractivity contribution >= 4 is 5.69 Å². The molecule has 0 bridgehead atoms. The smallest absolute Gasteiger partial charge is 0.0446 e. The molecule has 1 aliphatic rings. The molecule has 4 heteroatoms. The molecule has 1 aromatic heterocycles. The second-order valence-electron chi connectivity index (χ2n) is 5.60. The van der Waals surface area contributed by atoms with Crippen LogP contribution in [0.3, 0.4) is 0 Å². The Bertz CT molecular complexity index is 409. The van der Waals surface area contributed by atoms with Crippen molar-refractivity contribution in [1.82, 2.24) is 15.2 Å². The van der Waals surface area contributed by atoms with Crippen molar-refractivity contribution in [3.05, 3.63) is 23.5 Å². The second-order valence-corrected chi connectivity index (χ2v) is 5.60. The van der Waals surface area contributed by atoms with Crippen molar-refractivity contribution in [2.75, 3.05) is 38.1 Å². The molecule has 0 radical (unpaired) electrons. The summed E-state index contributed by atoms with van der Waals surface area (Å²) in [6.45, 7) is 12.0. The Morgan fingerprint density at radius 3 is 2.53 bits per heavy atom. The van der Waals surface area contributed by atoms with Crippen LogP contribution in [0.2, 0.25) is 0 Å². The third-order valence-electron chi connectivity index (χ3n) is 3.85.